The van der Waals surface area contributed by atoms with Crippen LogP contribution in [0.1, 0.15) is 11.1 Å². The Morgan fingerprint density at radius 1 is 1.36 bits per heavy atom. The molecular weight excluding hydrogens is 180 g/mol. The molecule has 1 heterocycles. The van der Waals surface area contributed by atoms with Crippen LogP contribution in [-0.4, -0.2) is 13.1 Å². The van der Waals surface area contributed by atoms with Gasteiger partial charge in [0.1, 0.15) is 6.29 Å². The van der Waals surface area contributed by atoms with Crippen LogP contribution >= 0.6 is 0 Å². The smallest absolute Gasteiger partial charge is 0.231 e. The van der Waals surface area contributed by atoms with Crippen molar-refractivity contribution in [3.05, 3.63) is 29.3 Å². The summed E-state index contributed by atoms with van der Waals surface area (Å²) in [6, 6.07) is 3.75. The van der Waals surface area contributed by atoms with Crippen molar-refractivity contribution in [3.63, 3.8) is 0 Å². The summed E-state index contributed by atoms with van der Waals surface area (Å²) in [7, 11) is 0. The average molecular weight is 190 g/mol. The van der Waals surface area contributed by atoms with Gasteiger partial charge in [-0.25, -0.2) is 0 Å². The lowest BCUT2D eigenvalue weighted by Gasteiger charge is -2.03. The van der Waals surface area contributed by atoms with Crippen molar-refractivity contribution in [3.8, 4) is 11.5 Å². The first-order valence-corrected chi connectivity index (χ1v) is 4.34. The van der Waals surface area contributed by atoms with Crippen LogP contribution in [0.5, 0.6) is 11.5 Å². The lowest BCUT2D eigenvalue weighted by Crippen LogP contribution is -1.93. The first-order chi connectivity index (χ1) is 6.83. The highest BCUT2D eigenvalue weighted by molar-refractivity contribution is 5.75. The molecule has 0 aromatic heterocycles. The monoisotopic (exact) mass is 190 g/mol. The van der Waals surface area contributed by atoms with Gasteiger partial charge in [-0.1, -0.05) is 12.1 Å². The van der Waals surface area contributed by atoms with Crippen molar-refractivity contribution in [1.82, 2.24) is 0 Å². The van der Waals surface area contributed by atoms with Crippen molar-refractivity contribution < 1.29 is 14.3 Å². The number of benzene rings is 1. The number of carbonyl (C=O) groups is 1. The van der Waals surface area contributed by atoms with Crippen LogP contribution in [0, 0.1) is 6.92 Å². The molecule has 0 aliphatic carbocycles. The second kappa shape index (κ2) is 3.54. The highest BCUT2D eigenvalue weighted by atomic mass is 16.7. The van der Waals surface area contributed by atoms with Gasteiger partial charge in [0, 0.05) is 5.56 Å². The summed E-state index contributed by atoms with van der Waals surface area (Å²) in [4.78, 5) is 10.2. The third-order valence-corrected chi connectivity index (χ3v) is 2.18. The van der Waals surface area contributed by atoms with E-state index in [1.165, 1.54) is 6.08 Å². The van der Waals surface area contributed by atoms with Gasteiger partial charge in [0.05, 0.1) is 0 Å². The van der Waals surface area contributed by atoms with E-state index in [0.717, 1.165) is 28.9 Å². The molecular formula is C11H10O3. The lowest BCUT2D eigenvalue weighted by molar-refractivity contribution is -0.104. The molecule has 0 fully saturated rings. The van der Waals surface area contributed by atoms with Gasteiger partial charge < -0.3 is 9.47 Å². The molecule has 0 N–H and O–H groups in total. The van der Waals surface area contributed by atoms with Crippen LogP contribution in [0.4, 0.5) is 0 Å². The topological polar surface area (TPSA) is 35.5 Å². The van der Waals surface area contributed by atoms with Gasteiger partial charge in [0.25, 0.3) is 0 Å². The summed E-state index contributed by atoms with van der Waals surface area (Å²) in [6.45, 7) is 2.22. The van der Waals surface area contributed by atoms with Gasteiger partial charge in [-0.05, 0) is 24.6 Å². The molecule has 1 aliphatic rings. The zero-order chi connectivity index (χ0) is 9.97. The molecule has 0 atom stereocenters. The van der Waals surface area contributed by atoms with E-state index >= 15 is 0 Å². The zero-order valence-corrected chi connectivity index (χ0v) is 7.82. The number of rotatable bonds is 2. The van der Waals surface area contributed by atoms with E-state index in [1.54, 1.807) is 6.08 Å². The van der Waals surface area contributed by atoms with E-state index < -0.39 is 0 Å². The molecule has 1 aromatic rings. The molecule has 0 unspecified atom stereocenters. The Labute approximate surface area is 81.9 Å². The van der Waals surface area contributed by atoms with Gasteiger partial charge in [-0.15, -0.1) is 0 Å². The van der Waals surface area contributed by atoms with E-state index in [-0.39, 0.29) is 6.79 Å². The van der Waals surface area contributed by atoms with Crippen molar-refractivity contribution >= 4 is 12.4 Å². The normalized spacial score (nSPS) is 13.5. The Bertz CT molecular complexity index is 394. The van der Waals surface area contributed by atoms with Gasteiger partial charge in [-0.2, -0.15) is 0 Å². The molecule has 0 saturated carbocycles. The van der Waals surface area contributed by atoms with Crippen molar-refractivity contribution in [1.29, 1.82) is 0 Å². The van der Waals surface area contributed by atoms with Crippen LogP contribution in [0.25, 0.3) is 6.08 Å². The molecule has 1 aromatic carbocycles. The Morgan fingerprint density at radius 3 is 3.00 bits per heavy atom. The molecule has 14 heavy (non-hydrogen) atoms. The molecule has 3 nitrogen and oxygen atoms in total. The molecule has 3 heteroatoms. The van der Waals surface area contributed by atoms with Gasteiger partial charge in [-0.3, -0.25) is 4.79 Å². The molecule has 0 radical (unpaired) electrons. The highest BCUT2D eigenvalue weighted by Gasteiger charge is 2.16. The molecule has 0 amide bonds. The third-order valence-electron chi connectivity index (χ3n) is 2.18. The van der Waals surface area contributed by atoms with E-state index in [1.807, 2.05) is 19.1 Å². The maximum Gasteiger partial charge on any atom is 0.231 e. The fraction of sp³-hybridized carbons (Fsp3) is 0.182. The maximum atomic E-state index is 10.2. The van der Waals surface area contributed by atoms with E-state index in [2.05, 4.69) is 0 Å². The Morgan fingerprint density at radius 2 is 2.21 bits per heavy atom. The number of aldehydes is 1. The van der Waals surface area contributed by atoms with Crippen LogP contribution in [-0.2, 0) is 4.79 Å². The van der Waals surface area contributed by atoms with E-state index in [0.29, 0.717) is 0 Å². The predicted molar refractivity (Wildman–Crippen MR) is 52.4 cm³/mol. The van der Waals surface area contributed by atoms with E-state index in [4.69, 9.17) is 9.47 Å². The standard InChI is InChI=1S/C11H10O3/c1-8-9(3-2-6-12)4-5-10-11(8)14-7-13-10/h2-6H,7H2,1H3/b3-2+. The Balaban J connectivity index is 2.44. The van der Waals surface area contributed by atoms with Gasteiger partial charge in [0.15, 0.2) is 11.5 Å². The second-order valence-corrected chi connectivity index (χ2v) is 3.01. The number of allylic oxidation sites excluding steroid dienone is 1. The first kappa shape index (κ1) is 8.81. The summed E-state index contributed by atoms with van der Waals surface area (Å²) in [5.41, 5.74) is 1.97. The lowest BCUT2D eigenvalue weighted by atomic mass is 10.1. The Hall–Kier alpha value is -1.77. The zero-order valence-electron chi connectivity index (χ0n) is 7.82. The molecule has 1 aliphatic heterocycles. The summed E-state index contributed by atoms with van der Waals surface area (Å²) in [5, 5.41) is 0. The largest absolute Gasteiger partial charge is 0.454 e. The van der Waals surface area contributed by atoms with E-state index in [9.17, 15) is 4.79 Å². The van der Waals surface area contributed by atoms with Gasteiger partial charge in [0.2, 0.25) is 6.79 Å². The van der Waals surface area contributed by atoms with Crippen LogP contribution in [0.2, 0.25) is 0 Å². The number of ether oxygens (including phenoxy) is 2. The highest BCUT2D eigenvalue weighted by Crippen LogP contribution is 2.37. The summed E-state index contributed by atoms with van der Waals surface area (Å²) >= 11 is 0. The number of hydrogen-bond donors (Lipinski definition) is 0. The SMILES string of the molecule is Cc1c(/C=C/C=O)ccc2c1OCO2. The maximum absolute atomic E-state index is 10.2. The quantitative estimate of drug-likeness (QED) is 0.528. The second-order valence-electron chi connectivity index (χ2n) is 3.01. The van der Waals surface area contributed by atoms with Crippen LogP contribution in [0.15, 0.2) is 18.2 Å². The molecule has 0 saturated heterocycles. The predicted octanol–water partition coefficient (Wildman–Crippen LogP) is 1.94. The summed E-state index contributed by atoms with van der Waals surface area (Å²) in [6.07, 6.45) is 3.97. The number of fused-ring (bicyclic) bond motifs is 1. The van der Waals surface area contributed by atoms with Crippen molar-refractivity contribution in [2.24, 2.45) is 0 Å². The van der Waals surface area contributed by atoms with Crippen LogP contribution in [0.3, 0.4) is 0 Å². The van der Waals surface area contributed by atoms with Crippen molar-refractivity contribution in [2.75, 3.05) is 6.79 Å². The minimum Gasteiger partial charge on any atom is -0.454 e. The Kier molecular flexibility index (Phi) is 2.23. The van der Waals surface area contributed by atoms with Crippen LogP contribution < -0.4 is 9.47 Å². The summed E-state index contributed by atoms with van der Waals surface area (Å²) in [5.74, 6) is 1.55. The number of hydrogen-bond acceptors (Lipinski definition) is 3. The first-order valence-electron chi connectivity index (χ1n) is 4.34. The minimum atomic E-state index is 0.275. The average Bonchev–Trinajstić information content (AvgIpc) is 2.66. The van der Waals surface area contributed by atoms with Gasteiger partial charge >= 0.3 is 0 Å². The molecule has 0 spiro atoms. The fourth-order valence-corrected chi connectivity index (χ4v) is 1.45. The number of carbonyl (C=O) groups excluding carboxylic acids is 1. The molecule has 0 bridgehead atoms. The molecule has 2 rings (SSSR count). The minimum absolute atomic E-state index is 0.275. The van der Waals surface area contributed by atoms with Crippen molar-refractivity contribution in [2.45, 2.75) is 6.92 Å². The third kappa shape index (κ3) is 1.37. The summed E-state index contributed by atoms with van der Waals surface area (Å²) < 4.78 is 10.5. The fourth-order valence-electron chi connectivity index (χ4n) is 1.45. The molecule has 72 valence electrons.